The molecule has 0 aromatic heterocycles. The van der Waals surface area contributed by atoms with E-state index in [1.54, 1.807) is 0 Å². The predicted molar refractivity (Wildman–Crippen MR) is 119 cm³/mol. The molecule has 1 aliphatic rings. The number of hydrogen-bond acceptors (Lipinski definition) is 5. The molecule has 3 rings (SSSR count). The van der Waals surface area contributed by atoms with Crippen LogP contribution >= 0.6 is 23.2 Å². The van der Waals surface area contributed by atoms with E-state index in [9.17, 15) is 0 Å². The Bertz CT molecular complexity index is 762. The van der Waals surface area contributed by atoms with E-state index in [0.717, 1.165) is 62.7 Å². The zero-order chi connectivity index (χ0) is 20.5. The molecule has 0 bridgehead atoms. The number of piperazine rings is 1. The number of ether oxygens (including phenoxy) is 2. The van der Waals surface area contributed by atoms with E-state index in [2.05, 4.69) is 21.6 Å². The van der Waals surface area contributed by atoms with E-state index in [1.165, 1.54) is 0 Å². The van der Waals surface area contributed by atoms with Crippen LogP contribution in [0.2, 0.25) is 10.0 Å². The van der Waals surface area contributed by atoms with Gasteiger partial charge in [-0.25, -0.2) is 0 Å². The van der Waals surface area contributed by atoms with Gasteiger partial charge in [-0.1, -0.05) is 35.3 Å². The first-order chi connectivity index (χ1) is 14.2. The summed E-state index contributed by atoms with van der Waals surface area (Å²) in [6.07, 6.45) is 0. The number of benzene rings is 2. The van der Waals surface area contributed by atoms with Crippen molar-refractivity contribution in [2.45, 2.75) is 20.1 Å². The zero-order valence-electron chi connectivity index (χ0n) is 16.8. The molecule has 2 aromatic carbocycles. The zero-order valence-corrected chi connectivity index (χ0v) is 18.4. The third-order valence-corrected chi connectivity index (χ3v) is 5.59. The summed E-state index contributed by atoms with van der Waals surface area (Å²) in [4.78, 5) is 2.48. The second kappa shape index (κ2) is 11.6. The Balaban J connectivity index is 1.55. The van der Waals surface area contributed by atoms with E-state index in [4.69, 9.17) is 32.7 Å². The molecule has 29 heavy (non-hydrogen) atoms. The van der Waals surface area contributed by atoms with Gasteiger partial charge in [-0.3, -0.25) is 4.90 Å². The van der Waals surface area contributed by atoms with Gasteiger partial charge >= 0.3 is 0 Å². The van der Waals surface area contributed by atoms with Gasteiger partial charge in [-0.15, -0.1) is 0 Å². The Morgan fingerprint density at radius 1 is 1.03 bits per heavy atom. The van der Waals surface area contributed by atoms with Crippen LogP contribution in [0.4, 0.5) is 0 Å². The SMILES string of the molecule is CCOc1cc(CNCCN2CCNCC2)ccc1OCc1c(Cl)cccc1Cl. The Kier molecular flexibility index (Phi) is 8.90. The third-order valence-electron chi connectivity index (χ3n) is 4.89. The molecule has 0 amide bonds. The fraction of sp³-hybridized carbons (Fsp3) is 0.455. The molecule has 1 heterocycles. The summed E-state index contributed by atoms with van der Waals surface area (Å²) >= 11 is 12.5. The van der Waals surface area contributed by atoms with Crippen molar-refractivity contribution in [3.8, 4) is 11.5 Å². The van der Waals surface area contributed by atoms with Crippen LogP contribution in [0, 0.1) is 0 Å². The van der Waals surface area contributed by atoms with Crippen molar-refractivity contribution in [2.75, 3.05) is 45.9 Å². The second-order valence-electron chi connectivity index (χ2n) is 6.97. The van der Waals surface area contributed by atoms with Crippen molar-refractivity contribution >= 4 is 23.2 Å². The molecule has 0 aliphatic carbocycles. The molecule has 0 spiro atoms. The minimum Gasteiger partial charge on any atom is -0.490 e. The van der Waals surface area contributed by atoms with Gasteiger partial charge in [0.15, 0.2) is 11.5 Å². The third kappa shape index (κ3) is 6.76. The van der Waals surface area contributed by atoms with Crippen LogP contribution in [-0.4, -0.2) is 50.8 Å². The van der Waals surface area contributed by atoms with Crippen molar-refractivity contribution in [1.82, 2.24) is 15.5 Å². The largest absolute Gasteiger partial charge is 0.490 e. The van der Waals surface area contributed by atoms with Crippen molar-refractivity contribution in [3.05, 3.63) is 57.6 Å². The van der Waals surface area contributed by atoms with Crippen LogP contribution in [0.25, 0.3) is 0 Å². The van der Waals surface area contributed by atoms with E-state index in [-0.39, 0.29) is 0 Å². The quantitative estimate of drug-likeness (QED) is 0.550. The number of rotatable bonds is 10. The topological polar surface area (TPSA) is 45.8 Å². The molecule has 2 aromatic rings. The Hall–Kier alpha value is -1.50. The Morgan fingerprint density at radius 3 is 2.52 bits per heavy atom. The molecule has 0 radical (unpaired) electrons. The maximum absolute atomic E-state index is 6.24. The van der Waals surface area contributed by atoms with E-state index in [1.807, 2.05) is 37.3 Å². The van der Waals surface area contributed by atoms with Gasteiger partial charge < -0.3 is 20.1 Å². The van der Waals surface area contributed by atoms with Crippen LogP contribution < -0.4 is 20.1 Å². The van der Waals surface area contributed by atoms with Gasteiger partial charge in [0, 0.05) is 61.4 Å². The van der Waals surface area contributed by atoms with Gasteiger partial charge in [-0.2, -0.15) is 0 Å². The normalized spacial score (nSPS) is 14.7. The molecule has 158 valence electrons. The molecular weight excluding hydrogens is 409 g/mol. The lowest BCUT2D eigenvalue weighted by Gasteiger charge is -2.27. The Morgan fingerprint density at radius 2 is 1.79 bits per heavy atom. The molecule has 1 fully saturated rings. The fourth-order valence-corrected chi connectivity index (χ4v) is 3.78. The van der Waals surface area contributed by atoms with Gasteiger partial charge in [0.25, 0.3) is 0 Å². The number of nitrogens with zero attached hydrogens (tertiary/aromatic N) is 1. The first kappa shape index (κ1) is 22.2. The summed E-state index contributed by atoms with van der Waals surface area (Å²) in [6.45, 7) is 10.1. The minimum atomic E-state index is 0.293. The summed E-state index contributed by atoms with van der Waals surface area (Å²) in [7, 11) is 0. The molecule has 0 unspecified atom stereocenters. The Labute approximate surface area is 183 Å². The lowest BCUT2D eigenvalue weighted by molar-refractivity contribution is 0.241. The molecule has 1 saturated heterocycles. The number of hydrogen-bond donors (Lipinski definition) is 2. The van der Waals surface area contributed by atoms with Crippen molar-refractivity contribution in [3.63, 3.8) is 0 Å². The van der Waals surface area contributed by atoms with Gasteiger partial charge in [0.1, 0.15) is 6.61 Å². The summed E-state index contributed by atoms with van der Waals surface area (Å²) in [6, 6.07) is 11.5. The first-order valence-electron chi connectivity index (χ1n) is 10.1. The lowest BCUT2D eigenvalue weighted by atomic mass is 10.2. The molecule has 7 heteroatoms. The maximum atomic E-state index is 6.24. The van der Waals surface area contributed by atoms with Crippen molar-refractivity contribution in [2.24, 2.45) is 0 Å². The van der Waals surface area contributed by atoms with E-state index < -0.39 is 0 Å². The minimum absolute atomic E-state index is 0.293. The average molecular weight is 438 g/mol. The lowest BCUT2D eigenvalue weighted by Crippen LogP contribution is -2.45. The summed E-state index contributed by atoms with van der Waals surface area (Å²) in [5.74, 6) is 1.42. The molecule has 0 atom stereocenters. The van der Waals surface area contributed by atoms with Gasteiger partial charge in [0.05, 0.1) is 6.61 Å². The summed E-state index contributed by atoms with van der Waals surface area (Å²) in [5, 5.41) is 8.09. The second-order valence-corrected chi connectivity index (χ2v) is 7.79. The molecule has 5 nitrogen and oxygen atoms in total. The van der Waals surface area contributed by atoms with E-state index >= 15 is 0 Å². The first-order valence-corrected chi connectivity index (χ1v) is 10.9. The van der Waals surface area contributed by atoms with Crippen LogP contribution in [0.3, 0.4) is 0 Å². The van der Waals surface area contributed by atoms with Crippen LogP contribution in [0.1, 0.15) is 18.1 Å². The molecule has 1 aliphatic heterocycles. The van der Waals surface area contributed by atoms with Crippen LogP contribution in [0.15, 0.2) is 36.4 Å². The molecule has 0 saturated carbocycles. The highest BCUT2D eigenvalue weighted by molar-refractivity contribution is 6.35. The predicted octanol–water partition coefficient (Wildman–Crippen LogP) is 3.97. The average Bonchev–Trinajstić information content (AvgIpc) is 2.73. The smallest absolute Gasteiger partial charge is 0.161 e. The number of nitrogens with one attached hydrogen (secondary N) is 2. The summed E-state index contributed by atoms with van der Waals surface area (Å²) < 4.78 is 11.8. The van der Waals surface area contributed by atoms with Gasteiger partial charge in [0.2, 0.25) is 0 Å². The van der Waals surface area contributed by atoms with Crippen LogP contribution in [0.5, 0.6) is 11.5 Å². The monoisotopic (exact) mass is 437 g/mol. The highest BCUT2D eigenvalue weighted by atomic mass is 35.5. The maximum Gasteiger partial charge on any atom is 0.161 e. The summed E-state index contributed by atoms with van der Waals surface area (Å²) in [5.41, 5.74) is 1.94. The van der Waals surface area contributed by atoms with Crippen molar-refractivity contribution in [1.29, 1.82) is 0 Å². The van der Waals surface area contributed by atoms with E-state index in [0.29, 0.717) is 29.0 Å². The van der Waals surface area contributed by atoms with Crippen LogP contribution in [-0.2, 0) is 13.2 Å². The fourth-order valence-electron chi connectivity index (χ4n) is 3.27. The van der Waals surface area contributed by atoms with Crippen molar-refractivity contribution < 1.29 is 9.47 Å². The standard InChI is InChI=1S/C22H29Cl2N3O2/c1-2-28-22-14-17(15-26-10-13-27-11-8-25-9-12-27)6-7-21(22)29-16-18-19(23)4-3-5-20(18)24/h3-7,14,25-26H,2,8-13,15-16H2,1H3. The highest BCUT2D eigenvalue weighted by Crippen LogP contribution is 2.31. The molecule has 2 N–H and O–H groups in total. The molecular formula is C22H29Cl2N3O2. The van der Waals surface area contributed by atoms with Gasteiger partial charge in [-0.05, 0) is 36.8 Å². The number of halogens is 2. The highest BCUT2D eigenvalue weighted by Gasteiger charge is 2.11.